The number of rotatable bonds is 5. The standard InChI is InChI=1S/C57H43N3/c1-3-15-37(16-4-1)42-19-7-12-25-49(42)55-58-54(38-17-5-2-6-18-38)59-56(60-55)53-47-23-10-8-21-45(47)52(46-22-9-11-24-48(46)53)39-27-28-44-43-20-13-14-26-50(43)57(51(44)34-39)40-30-35-29-36(32-40)33-41(57)31-35/h1-28,34-36,40-41H,29-33H2. The molecule has 1 spiro atoms. The van der Waals surface area contributed by atoms with Crippen LogP contribution in [-0.2, 0) is 5.41 Å². The summed E-state index contributed by atoms with van der Waals surface area (Å²) in [7, 11) is 0. The van der Waals surface area contributed by atoms with E-state index in [2.05, 4.69) is 170 Å². The Morgan fingerprint density at radius 3 is 1.47 bits per heavy atom. The smallest absolute Gasteiger partial charge is 0.165 e. The van der Waals surface area contributed by atoms with E-state index in [0.717, 1.165) is 50.4 Å². The van der Waals surface area contributed by atoms with Crippen molar-refractivity contribution in [1.82, 2.24) is 15.0 Å². The predicted molar refractivity (Wildman–Crippen MR) is 245 cm³/mol. The molecule has 0 radical (unpaired) electrons. The van der Waals surface area contributed by atoms with Gasteiger partial charge in [0.1, 0.15) is 0 Å². The number of benzene rings is 8. The quantitative estimate of drug-likeness (QED) is 0.164. The average Bonchev–Trinajstić information content (AvgIpc) is 3.60. The minimum absolute atomic E-state index is 0.103. The van der Waals surface area contributed by atoms with E-state index in [1.165, 1.54) is 65.1 Å². The number of fused-ring (bicyclic) bond motifs is 5. The van der Waals surface area contributed by atoms with Gasteiger partial charge in [0.15, 0.2) is 17.5 Å². The van der Waals surface area contributed by atoms with Gasteiger partial charge in [-0.3, -0.25) is 0 Å². The third kappa shape index (κ3) is 4.93. The van der Waals surface area contributed by atoms with E-state index in [0.29, 0.717) is 29.3 Å². The maximum absolute atomic E-state index is 5.44. The van der Waals surface area contributed by atoms with Crippen molar-refractivity contribution in [1.29, 1.82) is 0 Å². The summed E-state index contributed by atoms with van der Waals surface area (Å²) in [5.74, 6) is 5.24. The Hall–Kier alpha value is -6.71. The monoisotopic (exact) mass is 769 g/mol. The molecular formula is C57H43N3. The lowest BCUT2D eigenvalue weighted by atomic mass is 9.43. The number of hydrogen-bond donors (Lipinski definition) is 0. The summed E-state index contributed by atoms with van der Waals surface area (Å²) in [4.78, 5) is 16.0. The van der Waals surface area contributed by atoms with Gasteiger partial charge in [-0.2, -0.15) is 0 Å². The molecule has 3 heteroatoms. The van der Waals surface area contributed by atoms with Gasteiger partial charge in [0.25, 0.3) is 0 Å². The minimum Gasteiger partial charge on any atom is -0.208 e. The van der Waals surface area contributed by atoms with E-state index < -0.39 is 0 Å². The van der Waals surface area contributed by atoms with Crippen molar-refractivity contribution >= 4 is 21.5 Å². The lowest BCUT2D eigenvalue weighted by Gasteiger charge is -2.61. The summed E-state index contributed by atoms with van der Waals surface area (Å²) in [6.45, 7) is 0. The van der Waals surface area contributed by atoms with Crippen LogP contribution in [0.5, 0.6) is 0 Å². The summed E-state index contributed by atoms with van der Waals surface area (Å²) in [5, 5.41) is 4.72. The van der Waals surface area contributed by atoms with E-state index >= 15 is 0 Å². The highest BCUT2D eigenvalue weighted by Crippen LogP contribution is 2.69. The molecule has 4 saturated carbocycles. The SMILES string of the molecule is c1ccc(-c2nc(-c3ccccc3-c3ccccc3)nc(-c3c4ccccc4c(-c4ccc5c(c4)C4(c6ccccc6-5)C5CC6CC(C5)CC4C6)c4ccccc34)n2)cc1. The van der Waals surface area contributed by atoms with Crippen LogP contribution in [0.1, 0.15) is 43.2 Å². The molecule has 0 saturated heterocycles. The zero-order valence-corrected chi connectivity index (χ0v) is 33.4. The molecule has 4 bridgehead atoms. The van der Waals surface area contributed by atoms with Gasteiger partial charge in [0, 0.05) is 22.1 Å². The van der Waals surface area contributed by atoms with E-state index in [4.69, 9.17) is 15.0 Å². The van der Waals surface area contributed by atoms with Crippen molar-refractivity contribution < 1.29 is 0 Å². The van der Waals surface area contributed by atoms with Crippen LogP contribution < -0.4 is 0 Å². The Labute approximate surface area is 350 Å². The van der Waals surface area contributed by atoms with Crippen LogP contribution in [-0.4, -0.2) is 15.0 Å². The number of aromatic nitrogens is 3. The van der Waals surface area contributed by atoms with Gasteiger partial charge in [-0.25, -0.2) is 15.0 Å². The third-order valence-electron chi connectivity index (χ3n) is 14.9. The Bertz CT molecular complexity index is 3080. The predicted octanol–water partition coefficient (Wildman–Crippen LogP) is 14.2. The molecule has 1 heterocycles. The van der Waals surface area contributed by atoms with Crippen LogP contribution in [0, 0.1) is 23.7 Å². The zero-order valence-electron chi connectivity index (χ0n) is 33.4. The second-order valence-corrected chi connectivity index (χ2v) is 17.9. The van der Waals surface area contributed by atoms with Gasteiger partial charge in [0.05, 0.1) is 0 Å². The van der Waals surface area contributed by atoms with Crippen LogP contribution in [0.15, 0.2) is 176 Å². The molecular weight excluding hydrogens is 727 g/mol. The fraction of sp³-hybridized carbons (Fsp3) is 0.175. The normalized spacial score (nSPS) is 22.1. The van der Waals surface area contributed by atoms with E-state index in [9.17, 15) is 0 Å². The average molecular weight is 770 g/mol. The second kappa shape index (κ2) is 13.1. The summed E-state index contributed by atoms with van der Waals surface area (Å²) < 4.78 is 0. The highest BCUT2D eigenvalue weighted by Gasteiger charge is 2.61. The molecule has 0 aliphatic heterocycles. The number of hydrogen-bond acceptors (Lipinski definition) is 3. The first-order valence-corrected chi connectivity index (χ1v) is 21.9. The third-order valence-corrected chi connectivity index (χ3v) is 14.9. The first-order chi connectivity index (χ1) is 29.7. The summed E-state index contributed by atoms with van der Waals surface area (Å²) in [5.41, 5.74) is 14.0. The van der Waals surface area contributed by atoms with E-state index in [-0.39, 0.29) is 5.41 Å². The Kier molecular flexibility index (Phi) is 7.49. The molecule has 0 amide bonds. The maximum Gasteiger partial charge on any atom is 0.165 e. The lowest BCUT2D eigenvalue weighted by molar-refractivity contribution is -0.0399. The van der Waals surface area contributed by atoms with Crippen molar-refractivity contribution in [2.45, 2.75) is 37.5 Å². The van der Waals surface area contributed by atoms with Crippen LogP contribution in [0.4, 0.5) is 0 Å². The van der Waals surface area contributed by atoms with Crippen molar-refractivity contribution in [3.05, 3.63) is 187 Å². The van der Waals surface area contributed by atoms with Gasteiger partial charge >= 0.3 is 0 Å². The Morgan fingerprint density at radius 2 is 0.817 bits per heavy atom. The molecule has 9 aromatic rings. The van der Waals surface area contributed by atoms with Gasteiger partial charge < -0.3 is 0 Å². The Balaban J connectivity index is 1.05. The molecule has 0 atom stereocenters. The van der Waals surface area contributed by atoms with Crippen molar-refractivity contribution in [2.24, 2.45) is 23.7 Å². The molecule has 60 heavy (non-hydrogen) atoms. The van der Waals surface area contributed by atoms with Crippen LogP contribution in [0.25, 0.3) is 89.1 Å². The first-order valence-electron chi connectivity index (χ1n) is 21.9. The van der Waals surface area contributed by atoms with Crippen molar-refractivity contribution in [2.75, 3.05) is 0 Å². The molecule has 1 aromatic heterocycles. The lowest BCUT2D eigenvalue weighted by Crippen LogP contribution is -2.55. The van der Waals surface area contributed by atoms with Crippen LogP contribution in [0.3, 0.4) is 0 Å². The fourth-order valence-electron chi connectivity index (χ4n) is 12.9. The molecule has 8 aromatic carbocycles. The topological polar surface area (TPSA) is 38.7 Å². The number of nitrogens with zero attached hydrogens (tertiary/aromatic N) is 3. The molecule has 5 aliphatic rings. The molecule has 4 fully saturated rings. The molecule has 5 aliphatic carbocycles. The van der Waals surface area contributed by atoms with Gasteiger partial charge in [-0.15, -0.1) is 0 Å². The van der Waals surface area contributed by atoms with E-state index in [1.807, 2.05) is 6.07 Å². The van der Waals surface area contributed by atoms with Crippen LogP contribution >= 0.6 is 0 Å². The van der Waals surface area contributed by atoms with Crippen LogP contribution in [0.2, 0.25) is 0 Å². The molecule has 14 rings (SSSR count). The zero-order chi connectivity index (χ0) is 39.4. The molecule has 0 unspecified atom stereocenters. The van der Waals surface area contributed by atoms with Crippen molar-refractivity contribution in [3.8, 4) is 67.5 Å². The fourth-order valence-corrected chi connectivity index (χ4v) is 12.9. The summed E-state index contributed by atoms with van der Waals surface area (Å²) in [6.07, 6.45) is 6.96. The molecule has 286 valence electrons. The Morgan fingerprint density at radius 1 is 0.333 bits per heavy atom. The largest absolute Gasteiger partial charge is 0.208 e. The minimum atomic E-state index is 0.103. The first kappa shape index (κ1) is 34.2. The van der Waals surface area contributed by atoms with Crippen molar-refractivity contribution in [3.63, 3.8) is 0 Å². The molecule has 0 N–H and O–H groups in total. The molecule has 3 nitrogen and oxygen atoms in total. The summed E-state index contributed by atoms with van der Waals surface area (Å²) in [6, 6.07) is 64.2. The van der Waals surface area contributed by atoms with E-state index in [1.54, 1.807) is 11.1 Å². The highest BCUT2D eigenvalue weighted by molar-refractivity contribution is 6.21. The van der Waals surface area contributed by atoms with Gasteiger partial charge in [0.2, 0.25) is 0 Å². The second-order valence-electron chi connectivity index (χ2n) is 17.9. The highest BCUT2D eigenvalue weighted by atomic mass is 15.0. The van der Waals surface area contributed by atoms with Gasteiger partial charge in [-0.05, 0) is 128 Å². The maximum atomic E-state index is 5.44. The van der Waals surface area contributed by atoms with Gasteiger partial charge in [-0.1, -0.05) is 170 Å². The summed E-state index contributed by atoms with van der Waals surface area (Å²) >= 11 is 0.